The maximum atomic E-state index is 11.1. The second kappa shape index (κ2) is 6.21. The largest absolute Gasteiger partial charge is 0.391 e. The Hall–Kier alpha value is -1.33. The van der Waals surface area contributed by atoms with Crippen molar-refractivity contribution >= 4 is 23.0 Å². The fraction of sp³-hybridized carbons (Fsp3) is 0.538. The molecule has 2 N–H and O–H groups in total. The second-order valence-electron chi connectivity index (χ2n) is 4.85. The number of para-hydroxylation sites is 1. The summed E-state index contributed by atoms with van der Waals surface area (Å²) in [7, 11) is 0. The fourth-order valence-corrected chi connectivity index (χ4v) is 2.72. The lowest BCUT2D eigenvalue weighted by atomic mass is 10.1. The molecule has 6 heteroatoms. The molecule has 1 aromatic rings. The molecule has 1 aliphatic carbocycles. The molecule has 5 nitrogen and oxygen atoms in total. The molecule has 0 radical (unpaired) electrons. The van der Waals surface area contributed by atoms with E-state index in [1.807, 2.05) is 0 Å². The quantitative estimate of drug-likeness (QED) is 0.507. The van der Waals surface area contributed by atoms with Gasteiger partial charge in [-0.1, -0.05) is 36.9 Å². The number of nitrogens with zero attached hydrogens (tertiary/aromatic N) is 1. The third-order valence-electron chi connectivity index (χ3n) is 3.49. The third kappa shape index (κ3) is 3.36. The number of hydrogen-bond acceptors (Lipinski definition) is 4. The number of halogens is 1. The fourth-order valence-electron chi connectivity index (χ4n) is 2.47. The Morgan fingerprint density at radius 1 is 1.32 bits per heavy atom. The van der Waals surface area contributed by atoms with Crippen LogP contribution in [0.4, 0.5) is 11.4 Å². The van der Waals surface area contributed by atoms with E-state index >= 15 is 0 Å². The second-order valence-corrected chi connectivity index (χ2v) is 5.26. The first-order valence-electron chi connectivity index (χ1n) is 6.47. The highest BCUT2D eigenvalue weighted by Gasteiger charge is 2.25. The van der Waals surface area contributed by atoms with E-state index in [-0.39, 0.29) is 16.8 Å². The molecule has 1 aromatic carbocycles. The minimum atomic E-state index is -0.492. The van der Waals surface area contributed by atoms with Crippen LogP contribution in [-0.4, -0.2) is 22.2 Å². The topological polar surface area (TPSA) is 75.4 Å². The first-order valence-corrected chi connectivity index (χ1v) is 6.85. The molecule has 0 aromatic heterocycles. The minimum absolute atomic E-state index is 0.109. The van der Waals surface area contributed by atoms with Gasteiger partial charge in [0.2, 0.25) is 0 Å². The van der Waals surface area contributed by atoms with E-state index in [0.29, 0.717) is 5.69 Å². The summed E-state index contributed by atoms with van der Waals surface area (Å²) >= 11 is 5.87. The summed E-state index contributed by atoms with van der Waals surface area (Å²) in [4.78, 5) is 10.6. The van der Waals surface area contributed by atoms with Gasteiger partial charge in [-0.15, -0.1) is 0 Å². The zero-order valence-electron chi connectivity index (χ0n) is 10.5. The Kier molecular flexibility index (Phi) is 4.61. The van der Waals surface area contributed by atoms with Crippen LogP contribution in [-0.2, 0) is 0 Å². The average Bonchev–Trinajstić information content (AvgIpc) is 2.54. The number of nitro benzene ring substituents is 1. The summed E-state index contributed by atoms with van der Waals surface area (Å²) in [6.45, 7) is 0. The molecule has 0 heterocycles. The molecule has 2 unspecified atom stereocenters. The van der Waals surface area contributed by atoms with Gasteiger partial charge in [0.1, 0.15) is 10.7 Å². The zero-order valence-corrected chi connectivity index (χ0v) is 11.3. The number of nitro groups is 1. The van der Waals surface area contributed by atoms with Gasteiger partial charge >= 0.3 is 5.69 Å². The van der Waals surface area contributed by atoms with Crippen LogP contribution in [0.25, 0.3) is 0 Å². The van der Waals surface area contributed by atoms with E-state index in [4.69, 9.17) is 11.6 Å². The van der Waals surface area contributed by atoms with E-state index in [1.165, 1.54) is 6.07 Å². The maximum absolute atomic E-state index is 11.1. The van der Waals surface area contributed by atoms with Crippen LogP contribution in [0.2, 0.25) is 5.02 Å². The molecule has 1 aliphatic rings. The zero-order chi connectivity index (χ0) is 13.8. The highest BCUT2D eigenvalue weighted by molar-refractivity contribution is 6.33. The van der Waals surface area contributed by atoms with Crippen LogP contribution in [0.15, 0.2) is 18.2 Å². The lowest BCUT2D eigenvalue weighted by Gasteiger charge is -2.22. The Labute approximate surface area is 116 Å². The normalized spacial score (nSPS) is 23.7. The van der Waals surface area contributed by atoms with Crippen molar-refractivity contribution in [2.45, 2.75) is 44.2 Å². The maximum Gasteiger partial charge on any atom is 0.310 e. The number of hydrogen-bond donors (Lipinski definition) is 2. The molecule has 0 bridgehead atoms. The van der Waals surface area contributed by atoms with E-state index in [0.717, 1.165) is 32.1 Å². The summed E-state index contributed by atoms with van der Waals surface area (Å²) in [6, 6.07) is 4.64. The monoisotopic (exact) mass is 284 g/mol. The standard InChI is InChI=1S/C13H17ClN2O3/c14-9-5-4-7-11(13(9)16(18)19)15-10-6-2-1-3-8-12(10)17/h4-5,7,10,12,15,17H,1-3,6,8H2. The van der Waals surface area contributed by atoms with Crippen LogP contribution in [0.5, 0.6) is 0 Å². The van der Waals surface area contributed by atoms with Gasteiger partial charge in [-0.25, -0.2) is 0 Å². The molecule has 0 aliphatic heterocycles. The molecule has 1 saturated carbocycles. The predicted octanol–water partition coefficient (Wildman–Crippen LogP) is 3.35. The Bertz CT molecular complexity index is 467. The summed E-state index contributed by atoms with van der Waals surface area (Å²) < 4.78 is 0. The molecule has 2 atom stereocenters. The molecule has 19 heavy (non-hydrogen) atoms. The SMILES string of the molecule is O=[N+]([O-])c1c(Cl)cccc1NC1CCCCCC1O. The predicted molar refractivity (Wildman–Crippen MR) is 74.6 cm³/mol. The van der Waals surface area contributed by atoms with Crippen LogP contribution < -0.4 is 5.32 Å². The molecular weight excluding hydrogens is 268 g/mol. The summed E-state index contributed by atoms with van der Waals surface area (Å²) in [6.07, 6.45) is 4.17. The van der Waals surface area contributed by atoms with Crippen LogP contribution in [0.3, 0.4) is 0 Å². The lowest BCUT2D eigenvalue weighted by Crippen LogP contribution is -2.32. The van der Waals surface area contributed by atoms with E-state index in [1.54, 1.807) is 12.1 Å². The van der Waals surface area contributed by atoms with Crippen molar-refractivity contribution in [1.29, 1.82) is 0 Å². The van der Waals surface area contributed by atoms with Crippen molar-refractivity contribution < 1.29 is 10.0 Å². The molecule has 0 saturated heterocycles. The number of aliphatic hydroxyl groups is 1. The summed E-state index contributed by atoms with van der Waals surface area (Å²) in [5.74, 6) is 0. The lowest BCUT2D eigenvalue weighted by molar-refractivity contribution is -0.383. The van der Waals surface area contributed by atoms with Crippen molar-refractivity contribution in [2.24, 2.45) is 0 Å². The van der Waals surface area contributed by atoms with Crippen LogP contribution in [0.1, 0.15) is 32.1 Å². The van der Waals surface area contributed by atoms with Crippen molar-refractivity contribution in [2.75, 3.05) is 5.32 Å². The van der Waals surface area contributed by atoms with Gasteiger partial charge in [0.25, 0.3) is 0 Å². The van der Waals surface area contributed by atoms with Crippen molar-refractivity contribution in [3.05, 3.63) is 33.3 Å². The number of anilines is 1. The van der Waals surface area contributed by atoms with Crippen molar-refractivity contribution in [3.8, 4) is 0 Å². The van der Waals surface area contributed by atoms with Crippen molar-refractivity contribution in [1.82, 2.24) is 0 Å². The smallest absolute Gasteiger partial charge is 0.310 e. The summed E-state index contributed by atoms with van der Waals surface area (Å²) in [5.41, 5.74) is 0.254. The van der Waals surface area contributed by atoms with Gasteiger partial charge in [0.15, 0.2) is 0 Å². The van der Waals surface area contributed by atoms with Crippen molar-refractivity contribution in [3.63, 3.8) is 0 Å². The van der Waals surface area contributed by atoms with Crippen LogP contribution >= 0.6 is 11.6 Å². The highest BCUT2D eigenvalue weighted by atomic mass is 35.5. The van der Waals surface area contributed by atoms with Gasteiger partial charge < -0.3 is 10.4 Å². The molecule has 2 rings (SSSR count). The first-order chi connectivity index (χ1) is 9.09. The molecule has 104 valence electrons. The van der Waals surface area contributed by atoms with E-state index in [2.05, 4.69) is 5.32 Å². The van der Waals surface area contributed by atoms with Gasteiger partial charge in [-0.05, 0) is 25.0 Å². The summed E-state index contributed by atoms with van der Waals surface area (Å²) in [5, 5.41) is 24.3. The molecule has 0 spiro atoms. The number of benzene rings is 1. The highest BCUT2D eigenvalue weighted by Crippen LogP contribution is 2.34. The van der Waals surface area contributed by atoms with Gasteiger partial charge in [-0.3, -0.25) is 10.1 Å². The molecule has 1 fully saturated rings. The number of aliphatic hydroxyl groups excluding tert-OH is 1. The molecule has 0 amide bonds. The minimum Gasteiger partial charge on any atom is -0.391 e. The number of nitrogens with one attached hydrogen (secondary N) is 1. The van der Waals surface area contributed by atoms with Crippen LogP contribution in [0, 0.1) is 10.1 Å². The first kappa shape index (κ1) is 14.1. The van der Waals surface area contributed by atoms with Gasteiger partial charge in [0, 0.05) is 0 Å². The Morgan fingerprint density at radius 2 is 2.05 bits per heavy atom. The number of rotatable bonds is 3. The van der Waals surface area contributed by atoms with E-state index < -0.39 is 11.0 Å². The van der Waals surface area contributed by atoms with Gasteiger partial charge in [-0.2, -0.15) is 0 Å². The Balaban J connectivity index is 2.22. The van der Waals surface area contributed by atoms with Gasteiger partial charge in [0.05, 0.1) is 17.1 Å². The Morgan fingerprint density at radius 3 is 2.79 bits per heavy atom. The average molecular weight is 285 g/mol. The molecular formula is C13H17ClN2O3. The third-order valence-corrected chi connectivity index (χ3v) is 3.79. The van der Waals surface area contributed by atoms with E-state index in [9.17, 15) is 15.2 Å².